The lowest BCUT2D eigenvalue weighted by atomic mass is 10.1. The van der Waals surface area contributed by atoms with E-state index < -0.39 is 5.97 Å². The van der Waals surface area contributed by atoms with Crippen LogP contribution in [0.25, 0.3) is 11.1 Å². The summed E-state index contributed by atoms with van der Waals surface area (Å²) in [4.78, 5) is 10.5. The van der Waals surface area contributed by atoms with E-state index in [1.165, 1.54) is 12.1 Å². The lowest BCUT2D eigenvalue weighted by Gasteiger charge is -2.11. The van der Waals surface area contributed by atoms with Crippen LogP contribution < -0.4 is 9.47 Å². The van der Waals surface area contributed by atoms with Crippen LogP contribution in [0.2, 0.25) is 5.02 Å². The van der Waals surface area contributed by atoms with Gasteiger partial charge in [-0.3, -0.25) is 4.79 Å². The molecule has 3 aromatic rings. The third-order valence-electron chi connectivity index (χ3n) is 3.94. The van der Waals surface area contributed by atoms with Gasteiger partial charge in [0, 0.05) is 23.1 Å². The zero-order chi connectivity index (χ0) is 19.9. The van der Waals surface area contributed by atoms with Gasteiger partial charge in [0.15, 0.2) is 0 Å². The Morgan fingerprint density at radius 2 is 1.68 bits per heavy atom. The van der Waals surface area contributed by atoms with Crippen molar-refractivity contribution in [2.24, 2.45) is 0 Å². The summed E-state index contributed by atoms with van der Waals surface area (Å²) in [6.45, 7) is 0.337. The molecule has 0 atom stereocenters. The molecule has 0 amide bonds. The molecular formula is C22H18ClFO4. The van der Waals surface area contributed by atoms with Gasteiger partial charge in [-0.1, -0.05) is 29.8 Å². The summed E-state index contributed by atoms with van der Waals surface area (Å²) in [5.74, 6) is 0.384. The molecule has 144 valence electrons. The number of hydrogen-bond donors (Lipinski definition) is 1. The molecule has 1 N–H and O–H groups in total. The minimum absolute atomic E-state index is 0.0752. The number of rotatable bonds is 8. The Bertz CT molecular complexity index is 957. The second-order valence-corrected chi connectivity index (χ2v) is 6.48. The van der Waals surface area contributed by atoms with Crippen molar-refractivity contribution >= 4 is 17.6 Å². The van der Waals surface area contributed by atoms with E-state index in [4.69, 9.17) is 26.2 Å². The molecule has 0 bridgehead atoms. The Morgan fingerprint density at radius 1 is 0.964 bits per heavy atom. The summed E-state index contributed by atoms with van der Waals surface area (Å²) in [5, 5.41) is 9.19. The number of ether oxygens (including phenoxy) is 2. The maximum atomic E-state index is 13.3. The van der Waals surface area contributed by atoms with Crippen LogP contribution in [0.15, 0.2) is 66.7 Å². The van der Waals surface area contributed by atoms with Crippen LogP contribution in [-0.4, -0.2) is 17.7 Å². The molecule has 0 aliphatic heterocycles. The average molecular weight is 401 g/mol. The van der Waals surface area contributed by atoms with Gasteiger partial charge in [-0.15, -0.1) is 0 Å². The molecule has 3 aromatic carbocycles. The monoisotopic (exact) mass is 400 g/mol. The Labute approximate surface area is 167 Å². The van der Waals surface area contributed by atoms with Gasteiger partial charge >= 0.3 is 5.97 Å². The van der Waals surface area contributed by atoms with Gasteiger partial charge in [0.05, 0.1) is 6.61 Å². The van der Waals surface area contributed by atoms with E-state index in [1.807, 2.05) is 12.1 Å². The SMILES string of the molecule is O=C(O)CCCOc1ccc(-c2cc(Oc3cccc(F)c3)ccc2Cl)cc1. The number of benzene rings is 3. The van der Waals surface area contributed by atoms with Crippen LogP contribution in [0.1, 0.15) is 12.8 Å². The van der Waals surface area contributed by atoms with Crippen molar-refractivity contribution in [2.45, 2.75) is 12.8 Å². The van der Waals surface area contributed by atoms with Crippen LogP contribution in [0.3, 0.4) is 0 Å². The van der Waals surface area contributed by atoms with Crippen molar-refractivity contribution in [3.05, 3.63) is 77.6 Å². The number of carbonyl (C=O) groups is 1. The first kappa shape index (κ1) is 19.7. The highest BCUT2D eigenvalue weighted by molar-refractivity contribution is 6.33. The minimum Gasteiger partial charge on any atom is -0.494 e. The van der Waals surface area contributed by atoms with E-state index in [0.717, 1.165) is 11.1 Å². The predicted octanol–water partition coefficient (Wildman–Crippen LogP) is 6.18. The van der Waals surface area contributed by atoms with Crippen molar-refractivity contribution in [3.8, 4) is 28.4 Å². The minimum atomic E-state index is -0.839. The highest BCUT2D eigenvalue weighted by Gasteiger charge is 2.08. The molecule has 0 aliphatic carbocycles. The zero-order valence-corrected chi connectivity index (χ0v) is 15.7. The smallest absolute Gasteiger partial charge is 0.303 e. The van der Waals surface area contributed by atoms with Gasteiger partial charge < -0.3 is 14.6 Å². The van der Waals surface area contributed by atoms with E-state index in [1.54, 1.807) is 42.5 Å². The summed E-state index contributed by atoms with van der Waals surface area (Å²) < 4.78 is 24.6. The molecule has 0 radical (unpaired) electrons. The maximum absolute atomic E-state index is 13.3. The standard InChI is InChI=1S/C22H18ClFO4/c23-21-11-10-19(28-18-4-1-3-16(24)13-18)14-20(21)15-6-8-17(9-7-15)27-12-2-5-22(25)26/h1,3-4,6-11,13-14H,2,5,12H2,(H,25,26). The molecule has 4 nitrogen and oxygen atoms in total. The van der Waals surface area contributed by atoms with Gasteiger partial charge in [0.2, 0.25) is 0 Å². The Balaban J connectivity index is 1.71. The Hall–Kier alpha value is -3.05. The third-order valence-corrected chi connectivity index (χ3v) is 4.27. The van der Waals surface area contributed by atoms with Crippen LogP contribution >= 0.6 is 11.6 Å². The molecule has 0 fully saturated rings. The second kappa shape index (κ2) is 9.24. The van der Waals surface area contributed by atoms with E-state index in [2.05, 4.69) is 0 Å². The van der Waals surface area contributed by atoms with E-state index in [0.29, 0.717) is 35.3 Å². The third kappa shape index (κ3) is 5.47. The summed E-state index contributed by atoms with van der Waals surface area (Å²) in [5.41, 5.74) is 1.64. The van der Waals surface area contributed by atoms with Crippen molar-refractivity contribution in [1.82, 2.24) is 0 Å². The largest absolute Gasteiger partial charge is 0.494 e. The molecule has 0 saturated carbocycles. The fourth-order valence-corrected chi connectivity index (χ4v) is 2.83. The lowest BCUT2D eigenvalue weighted by molar-refractivity contribution is -0.137. The van der Waals surface area contributed by atoms with Gasteiger partial charge in [-0.2, -0.15) is 0 Å². The molecule has 0 saturated heterocycles. The maximum Gasteiger partial charge on any atom is 0.303 e. The number of aliphatic carboxylic acids is 1. The summed E-state index contributed by atoms with van der Waals surface area (Å²) in [6.07, 6.45) is 0.522. The molecule has 3 rings (SSSR count). The Kier molecular flexibility index (Phi) is 6.50. The molecule has 0 spiro atoms. The summed E-state index contributed by atoms with van der Waals surface area (Å²) in [7, 11) is 0. The fraction of sp³-hybridized carbons (Fsp3) is 0.136. The van der Waals surface area contributed by atoms with Crippen LogP contribution in [0, 0.1) is 5.82 Å². The lowest BCUT2D eigenvalue weighted by Crippen LogP contribution is -2.01. The van der Waals surface area contributed by atoms with Crippen LogP contribution in [0.5, 0.6) is 17.2 Å². The highest BCUT2D eigenvalue weighted by atomic mass is 35.5. The van der Waals surface area contributed by atoms with Gasteiger partial charge in [-0.25, -0.2) is 4.39 Å². The number of hydrogen-bond acceptors (Lipinski definition) is 3. The first-order valence-electron chi connectivity index (χ1n) is 8.69. The molecule has 0 heterocycles. The van der Waals surface area contributed by atoms with Crippen LogP contribution in [0.4, 0.5) is 4.39 Å². The van der Waals surface area contributed by atoms with Crippen LogP contribution in [-0.2, 0) is 4.79 Å². The molecule has 6 heteroatoms. The van der Waals surface area contributed by atoms with Crippen molar-refractivity contribution < 1.29 is 23.8 Å². The van der Waals surface area contributed by atoms with Crippen molar-refractivity contribution in [3.63, 3.8) is 0 Å². The number of carboxylic acid groups (broad SMARTS) is 1. The number of halogens is 2. The van der Waals surface area contributed by atoms with Gasteiger partial charge in [0.25, 0.3) is 0 Å². The van der Waals surface area contributed by atoms with E-state index in [9.17, 15) is 9.18 Å². The normalized spacial score (nSPS) is 10.5. The fourth-order valence-electron chi connectivity index (χ4n) is 2.60. The Morgan fingerprint density at radius 3 is 2.39 bits per heavy atom. The molecular weight excluding hydrogens is 383 g/mol. The second-order valence-electron chi connectivity index (χ2n) is 6.07. The summed E-state index contributed by atoms with van der Waals surface area (Å²) >= 11 is 6.33. The van der Waals surface area contributed by atoms with E-state index in [-0.39, 0.29) is 12.2 Å². The first-order valence-corrected chi connectivity index (χ1v) is 9.07. The average Bonchev–Trinajstić information content (AvgIpc) is 2.67. The van der Waals surface area contributed by atoms with E-state index >= 15 is 0 Å². The quantitative estimate of drug-likeness (QED) is 0.458. The topological polar surface area (TPSA) is 55.8 Å². The molecule has 0 unspecified atom stereocenters. The molecule has 28 heavy (non-hydrogen) atoms. The van der Waals surface area contributed by atoms with Crippen molar-refractivity contribution in [2.75, 3.05) is 6.61 Å². The summed E-state index contributed by atoms with van der Waals surface area (Å²) in [6, 6.07) is 18.5. The zero-order valence-electron chi connectivity index (χ0n) is 14.9. The molecule has 0 aliphatic rings. The highest BCUT2D eigenvalue weighted by Crippen LogP contribution is 2.34. The van der Waals surface area contributed by atoms with Crippen molar-refractivity contribution in [1.29, 1.82) is 0 Å². The van der Waals surface area contributed by atoms with Gasteiger partial charge in [0.1, 0.15) is 23.1 Å². The first-order chi connectivity index (χ1) is 13.5. The van der Waals surface area contributed by atoms with Gasteiger partial charge in [-0.05, 0) is 54.4 Å². The number of carboxylic acids is 1. The molecule has 0 aromatic heterocycles. The predicted molar refractivity (Wildman–Crippen MR) is 106 cm³/mol.